The Morgan fingerprint density at radius 2 is 1.88 bits per heavy atom. The van der Waals surface area contributed by atoms with Crippen LogP contribution in [0.2, 0.25) is 0 Å². The van der Waals surface area contributed by atoms with Crippen molar-refractivity contribution in [1.29, 1.82) is 0 Å². The molecule has 0 aliphatic carbocycles. The number of primary amides is 1. The molecule has 1 amide bonds. The summed E-state index contributed by atoms with van der Waals surface area (Å²) >= 11 is 0. The number of carbonyl (C=O) groups is 1. The molecule has 1 aromatic rings. The van der Waals surface area contributed by atoms with Crippen molar-refractivity contribution in [3.05, 3.63) is 35.9 Å². The fraction of sp³-hybridized carbons (Fsp3) is 0.300. The molecule has 0 spiro atoms. The van der Waals surface area contributed by atoms with Crippen molar-refractivity contribution < 1.29 is 18.0 Å². The molecule has 0 saturated heterocycles. The predicted molar refractivity (Wildman–Crippen MR) is 52.3 cm³/mol. The van der Waals surface area contributed by atoms with E-state index in [0.29, 0.717) is 5.56 Å². The van der Waals surface area contributed by atoms with E-state index in [2.05, 4.69) is 0 Å². The maximum atomic E-state index is 12.0. The van der Waals surface area contributed by atoms with Crippen LogP contribution in [0.5, 0.6) is 0 Å². The van der Waals surface area contributed by atoms with E-state index in [0.717, 1.165) is 0 Å². The minimum Gasteiger partial charge on any atom is -0.368 e. The minimum absolute atomic E-state index is 0.0876. The monoisotopic (exact) mass is 232 g/mol. The smallest absolute Gasteiger partial charge is 0.368 e. The van der Waals surface area contributed by atoms with Crippen molar-refractivity contribution >= 4 is 5.91 Å². The number of benzene rings is 1. The second-order valence-electron chi connectivity index (χ2n) is 3.29. The number of hydrogen-bond donors (Lipinski definition) is 2. The van der Waals surface area contributed by atoms with Crippen molar-refractivity contribution in [2.45, 2.75) is 18.8 Å². The van der Waals surface area contributed by atoms with Crippen LogP contribution in [0.15, 0.2) is 30.3 Å². The van der Waals surface area contributed by atoms with Crippen LogP contribution < -0.4 is 11.1 Å². The van der Waals surface area contributed by atoms with Crippen LogP contribution in [-0.4, -0.2) is 18.2 Å². The number of alkyl halides is 3. The molecule has 1 aromatic carbocycles. The van der Waals surface area contributed by atoms with Gasteiger partial charge in [0.25, 0.3) is 0 Å². The third kappa shape index (κ3) is 4.31. The molecule has 6 heteroatoms. The molecular weight excluding hydrogens is 221 g/mol. The quantitative estimate of drug-likeness (QED) is 0.766. The van der Waals surface area contributed by atoms with Crippen molar-refractivity contribution in [3.63, 3.8) is 0 Å². The van der Waals surface area contributed by atoms with Gasteiger partial charge >= 0.3 is 6.30 Å². The summed E-state index contributed by atoms with van der Waals surface area (Å²) in [7, 11) is 0. The average Bonchev–Trinajstić information content (AvgIpc) is 2.16. The number of amides is 1. The number of rotatable bonds is 4. The summed E-state index contributed by atoms with van der Waals surface area (Å²) in [6.07, 6.45) is -4.70. The standard InChI is InChI=1S/C10H11F3N2O/c11-10(12,13)15-8(9(14)16)6-7-4-2-1-3-5-7/h1-5,8,15H,6H2,(H2,14,16)/t8-/m0/s1. The predicted octanol–water partition coefficient (Wildman–Crippen LogP) is 1.19. The van der Waals surface area contributed by atoms with E-state index in [1.807, 2.05) is 0 Å². The van der Waals surface area contributed by atoms with E-state index in [1.54, 1.807) is 30.3 Å². The maximum absolute atomic E-state index is 12.0. The molecule has 0 saturated carbocycles. The first-order chi connectivity index (χ1) is 7.38. The van der Waals surface area contributed by atoms with Gasteiger partial charge in [-0.2, -0.15) is 13.2 Å². The molecule has 0 bridgehead atoms. The molecule has 0 fully saturated rings. The highest BCUT2D eigenvalue weighted by Crippen LogP contribution is 2.13. The van der Waals surface area contributed by atoms with Crippen LogP contribution in [0.3, 0.4) is 0 Å². The molecular formula is C10H11F3N2O. The van der Waals surface area contributed by atoms with Crippen molar-refractivity contribution in [1.82, 2.24) is 5.32 Å². The normalized spacial score (nSPS) is 13.4. The zero-order valence-corrected chi connectivity index (χ0v) is 8.29. The van der Waals surface area contributed by atoms with Gasteiger partial charge in [0.2, 0.25) is 5.91 Å². The Labute approximate surface area is 90.4 Å². The van der Waals surface area contributed by atoms with Crippen molar-refractivity contribution in [2.24, 2.45) is 5.73 Å². The van der Waals surface area contributed by atoms with E-state index in [-0.39, 0.29) is 6.42 Å². The topological polar surface area (TPSA) is 55.1 Å². The molecule has 88 valence electrons. The molecule has 3 N–H and O–H groups in total. The molecule has 0 aliphatic rings. The molecule has 1 rings (SSSR count). The molecule has 0 unspecified atom stereocenters. The number of carbonyl (C=O) groups excluding carboxylic acids is 1. The number of halogens is 3. The fourth-order valence-corrected chi connectivity index (χ4v) is 1.27. The van der Waals surface area contributed by atoms with E-state index in [4.69, 9.17) is 5.73 Å². The Kier molecular flexibility index (Phi) is 3.89. The molecule has 1 atom stereocenters. The first-order valence-corrected chi connectivity index (χ1v) is 4.56. The summed E-state index contributed by atoms with van der Waals surface area (Å²) < 4.78 is 36.1. The highest BCUT2D eigenvalue weighted by atomic mass is 19.4. The van der Waals surface area contributed by atoms with Crippen molar-refractivity contribution in [3.8, 4) is 0 Å². The second kappa shape index (κ2) is 4.98. The largest absolute Gasteiger partial charge is 0.457 e. The Bertz CT molecular complexity index is 351. The zero-order valence-electron chi connectivity index (χ0n) is 8.29. The van der Waals surface area contributed by atoms with Crippen LogP contribution in [0.4, 0.5) is 13.2 Å². The van der Waals surface area contributed by atoms with Crippen LogP contribution in [0.1, 0.15) is 5.56 Å². The maximum Gasteiger partial charge on any atom is 0.457 e. The van der Waals surface area contributed by atoms with Gasteiger partial charge in [0, 0.05) is 0 Å². The highest BCUT2D eigenvalue weighted by Gasteiger charge is 2.33. The molecule has 0 heterocycles. The molecule has 0 aliphatic heterocycles. The molecule has 0 radical (unpaired) electrons. The molecule has 16 heavy (non-hydrogen) atoms. The van der Waals surface area contributed by atoms with E-state index >= 15 is 0 Å². The Hall–Kier alpha value is -1.56. The zero-order chi connectivity index (χ0) is 12.2. The second-order valence-corrected chi connectivity index (χ2v) is 3.29. The van der Waals surface area contributed by atoms with E-state index in [9.17, 15) is 18.0 Å². The molecule has 0 aromatic heterocycles. The average molecular weight is 232 g/mol. The summed E-state index contributed by atoms with van der Waals surface area (Å²) in [6, 6.07) is 6.92. The lowest BCUT2D eigenvalue weighted by atomic mass is 10.1. The van der Waals surface area contributed by atoms with Gasteiger partial charge in [-0.15, -0.1) is 0 Å². The van der Waals surface area contributed by atoms with Crippen molar-refractivity contribution in [2.75, 3.05) is 0 Å². The lowest BCUT2D eigenvalue weighted by molar-refractivity contribution is -0.167. The highest BCUT2D eigenvalue weighted by molar-refractivity contribution is 5.80. The van der Waals surface area contributed by atoms with Gasteiger partial charge in [-0.25, -0.2) is 5.32 Å². The summed E-state index contributed by atoms with van der Waals surface area (Å²) in [5.74, 6) is -1.03. The summed E-state index contributed by atoms with van der Waals surface area (Å²) in [5, 5.41) is 1.23. The van der Waals surface area contributed by atoms with Gasteiger partial charge in [0.05, 0.1) is 6.04 Å². The Morgan fingerprint density at radius 1 is 1.31 bits per heavy atom. The Morgan fingerprint density at radius 3 is 2.31 bits per heavy atom. The lowest BCUT2D eigenvalue weighted by Crippen LogP contribution is -2.49. The molecule has 3 nitrogen and oxygen atoms in total. The van der Waals surface area contributed by atoms with E-state index in [1.165, 1.54) is 5.32 Å². The van der Waals surface area contributed by atoms with Crippen LogP contribution in [0.25, 0.3) is 0 Å². The van der Waals surface area contributed by atoms with Crippen LogP contribution in [0, 0.1) is 0 Å². The lowest BCUT2D eigenvalue weighted by Gasteiger charge is -2.17. The third-order valence-electron chi connectivity index (χ3n) is 1.96. The summed E-state index contributed by atoms with van der Waals surface area (Å²) in [6.45, 7) is 0. The first-order valence-electron chi connectivity index (χ1n) is 4.56. The minimum atomic E-state index is -4.62. The van der Waals surface area contributed by atoms with Gasteiger partial charge in [-0.3, -0.25) is 4.79 Å². The number of nitrogens with two attached hydrogens (primary N) is 1. The van der Waals surface area contributed by atoms with Gasteiger partial charge in [0.15, 0.2) is 0 Å². The fourth-order valence-electron chi connectivity index (χ4n) is 1.27. The van der Waals surface area contributed by atoms with Crippen LogP contribution in [-0.2, 0) is 11.2 Å². The van der Waals surface area contributed by atoms with Gasteiger partial charge in [0.1, 0.15) is 0 Å². The van der Waals surface area contributed by atoms with Gasteiger partial charge in [-0.05, 0) is 12.0 Å². The SMILES string of the molecule is NC(=O)[C@H](Cc1ccccc1)NC(F)(F)F. The number of hydrogen-bond acceptors (Lipinski definition) is 2. The van der Waals surface area contributed by atoms with Gasteiger partial charge in [-0.1, -0.05) is 30.3 Å². The van der Waals surface area contributed by atoms with Gasteiger partial charge < -0.3 is 5.73 Å². The summed E-state index contributed by atoms with van der Waals surface area (Å²) in [5.41, 5.74) is 5.50. The third-order valence-corrected chi connectivity index (χ3v) is 1.96. The first kappa shape index (κ1) is 12.5. The summed E-state index contributed by atoms with van der Waals surface area (Å²) in [4.78, 5) is 10.8. The number of nitrogens with one attached hydrogen (secondary N) is 1. The van der Waals surface area contributed by atoms with E-state index < -0.39 is 18.2 Å². The van der Waals surface area contributed by atoms with Crippen LogP contribution >= 0.6 is 0 Å². The Balaban J connectivity index is 2.70.